The van der Waals surface area contributed by atoms with Crippen LogP contribution in [-0.4, -0.2) is 70.4 Å². The Morgan fingerprint density at radius 1 is 1.06 bits per heavy atom. The van der Waals surface area contributed by atoms with E-state index in [4.69, 9.17) is 23.2 Å². The Morgan fingerprint density at radius 2 is 1.79 bits per heavy atom. The molecule has 2 aromatic carbocycles. The van der Waals surface area contributed by atoms with Gasteiger partial charge in [-0.25, -0.2) is 0 Å². The maximum absolute atomic E-state index is 13.5. The molecule has 2 saturated heterocycles. The predicted octanol–water partition coefficient (Wildman–Crippen LogP) is 4.80. The molecule has 1 amide bonds. The van der Waals surface area contributed by atoms with E-state index < -0.39 is 0 Å². The second-order valence-electron chi connectivity index (χ2n) is 8.61. The number of halogens is 2. The molecule has 178 valence electrons. The van der Waals surface area contributed by atoms with Crippen LogP contribution in [0.1, 0.15) is 11.1 Å². The largest absolute Gasteiger partial charge is 0.377 e. The number of hydrogen-bond donors (Lipinski definition) is 0. The van der Waals surface area contributed by atoms with Gasteiger partial charge in [0.25, 0.3) is 5.91 Å². The molecule has 0 bridgehead atoms. The minimum absolute atomic E-state index is 0.0749. The average molecular weight is 516 g/mol. The van der Waals surface area contributed by atoms with Crippen LogP contribution in [0.5, 0.6) is 0 Å². The van der Waals surface area contributed by atoms with Gasteiger partial charge in [-0.2, -0.15) is 5.26 Å². The topological polar surface area (TPSA) is 53.8 Å². The van der Waals surface area contributed by atoms with Crippen molar-refractivity contribution in [2.45, 2.75) is 0 Å². The number of thioether (sulfide) groups is 1. The van der Waals surface area contributed by atoms with E-state index in [9.17, 15) is 10.1 Å². The Balaban J connectivity index is 1.76. The van der Waals surface area contributed by atoms with Crippen LogP contribution in [0.2, 0.25) is 10.0 Å². The fourth-order valence-electron chi connectivity index (χ4n) is 4.25. The number of anilines is 3. The van der Waals surface area contributed by atoms with E-state index in [-0.39, 0.29) is 5.91 Å². The second-order valence-corrected chi connectivity index (χ2v) is 10.6. The molecule has 0 saturated carbocycles. The SMILES string of the molecule is CN1CCN(c2c(/C=C3\SCCN(c4ccc(Cl)c(Cl)c4)C3=O)ccc(N(C)C)c2C#N)CC1. The van der Waals surface area contributed by atoms with Crippen molar-refractivity contribution in [1.82, 2.24) is 4.90 Å². The lowest BCUT2D eigenvalue weighted by atomic mass is 10.0. The van der Waals surface area contributed by atoms with E-state index in [0.29, 0.717) is 27.1 Å². The van der Waals surface area contributed by atoms with Gasteiger partial charge in [0.05, 0.1) is 31.9 Å². The number of nitriles is 1. The van der Waals surface area contributed by atoms with Gasteiger partial charge in [-0.3, -0.25) is 4.79 Å². The van der Waals surface area contributed by atoms with Crippen LogP contribution in [0.3, 0.4) is 0 Å². The van der Waals surface area contributed by atoms with Crippen LogP contribution in [-0.2, 0) is 4.79 Å². The molecule has 0 spiro atoms. The van der Waals surface area contributed by atoms with Gasteiger partial charge >= 0.3 is 0 Å². The summed E-state index contributed by atoms with van der Waals surface area (Å²) in [5.41, 5.74) is 4.02. The van der Waals surface area contributed by atoms with Gasteiger partial charge in [-0.1, -0.05) is 29.3 Å². The number of likely N-dealkylation sites (N-methyl/N-ethyl adjacent to an activating group) is 1. The zero-order valence-corrected chi connectivity index (χ0v) is 21.8. The third-order valence-electron chi connectivity index (χ3n) is 6.13. The molecule has 0 unspecified atom stereocenters. The normalized spacial score (nSPS) is 18.4. The summed E-state index contributed by atoms with van der Waals surface area (Å²) in [5, 5.41) is 11.0. The summed E-state index contributed by atoms with van der Waals surface area (Å²) >= 11 is 13.8. The Kier molecular flexibility index (Phi) is 7.63. The first-order chi connectivity index (χ1) is 16.3. The number of carbonyl (C=O) groups is 1. The molecular formula is C25H27Cl2N5OS. The maximum Gasteiger partial charge on any atom is 0.264 e. The lowest BCUT2D eigenvalue weighted by Crippen LogP contribution is -2.45. The highest BCUT2D eigenvalue weighted by Gasteiger charge is 2.28. The van der Waals surface area contributed by atoms with E-state index >= 15 is 0 Å². The Bertz CT molecular complexity index is 1170. The third-order valence-corrected chi connectivity index (χ3v) is 7.86. The highest BCUT2D eigenvalue weighted by molar-refractivity contribution is 8.04. The van der Waals surface area contributed by atoms with Crippen molar-refractivity contribution in [3.05, 3.63) is 56.4 Å². The van der Waals surface area contributed by atoms with E-state index in [1.165, 1.54) is 0 Å². The number of amides is 1. The zero-order valence-electron chi connectivity index (χ0n) is 19.5. The molecule has 0 aromatic heterocycles. The maximum atomic E-state index is 13.5. The third kappa shape index (κ3) is 5.01. The number of benzene rings is 2. The van der Waals surface area contributed by atoms with Crippen molar-refractivity contribution in [2.75, 3.05) is 74.3 Å². The van der Waals surface area contributed by atoms with Crippen molar-refractivity contribution in [3.63, 3.8) is 0 Å². The average Bonchev–Trinajstić information content (AvgIpc) is 2.82. The van der Waals surface area contributed by atoms with Gasteiger partial charge < -0.3 is 19.6 Å². The molecule has 2 aromatic rings. The number of piperazine rings is 1. The summed E-state index contributed by atoms with van der Waals surface area (Å²) in [6.07, 6.45) is 1.94. The molecule has 0 N–H and O–H groups in total. The number of nitrogens with zero attached hydrogens (tertiary/aromatic N) is 5. The smallest absolute Gasteiger partial charge is 0.264 e. The summed E-state index contributed by atoms with van der Waals surface area (Å²) in [6.45, 7) is 4.09. The quantitative estimate of drug-likeness (QED) is 0.544. The van der Waals surface area contributed by atoms with E-state index in [1.54, 1.807) is 28.8 Å². The van der Waals surface area contributed by atoms with Crippen molar-refractivity contribution >= 4 is 64.0 Å². The van der Waals surface area contributed by atoms with Crippen molar-refractivity contribution in [3.8, 4) is 6.07 Å². The molecule has 6 nitrogen and oxygen atoms in total. The Hall–Kier alpha value is -2.37. The molecule has 2 heterocycles. The fraction of sp³-hybridized carbons (Fsp3) is 0.360. The lowest BCUT2D eigenvalue weighted by Gasteiger charge is -2.36. The summed E-state index contributed by atoms with van der Waals surface area (Å²) < 4.78 is 0. The Labute approximate surface area is 215 Å². The highest BCUT2D eigenvalue weighted by atomic mass is 35.5. The van der Waals surface area contributed by atoms with Crippen molar-refractivity contribution < 1.29 is 4.79 Å². The zero-order chi connectivity index (χ0) is 24.4. The summed E-state index contributed by atoms with van der Waals surface area (Å²) in [7, 11) is 5.99. The summed E-state index contributed by atoms with van der Waals surface area (Å²) in [6, 6.07) is 11.7. The highest BCUT2D eigenvalue weighted by Crippen LogP contribution is 2.38. The molecule has 4 rings (SSSR count). The van der Waals surface area contributed by atoms with Crippen molar-refractivity contribution in [1.29, 1.82) is 5.26 Å². The minimum atomic E-state index is -0.0749. The van der Waals surface area contributed by atoms with Crippen LogP contribution >= 0.6 is 35.0 Å². The summed E-state index contributed by atoms with van der Waals surface area (Å²) in [4.78, 5) is 22.4. The molecular weight excluding hydrogens is 489 g/mol. The standard InChI is InChI=1S/C25H27Cl2N5OS/c1-29(2)22-7-4-17(24(19(22)16-28)31-10-8-30(3)9-11-31)14-23-25(33)32(12-13-34-23)18-5-6-20(26)21(27)15-18/h4-7,14-15H,8-13H2,1-3H3/b23-14-. The first kappa shape index (κ1) is 24.7. The summed E-state index contributed by atoms with van der Waals surface area (Å²) in [5.74, 6) is 0.692. The first-order valence-corrected chi connectivity index (χ1v) is 12.8. The van der Waals surface area contributed by atoms with Gasteiger partial charge in [0.2, 0.25) is 0 Å². The van der Waals surface area contributed by atoms with Crippen LogP contribution < -0.4 is 14.7 Å². The van der Waals surface area contributed by atoms with Crippen LogP contribution in [0.4, 0.5) is 17.1 Å². The molecule has 34 heavy (non-hydrogen) atoms. The van der Waals surface area contributed by atoms with Crippen LogP contribution in [0.15, 0.2) is 35.2 Å². The van der Waals surface area contributed by atoms with Crippen LogP contribution in [0, 0.1) is 11.3 Å². The molecule has 2 fully saturated rings. The van der Waals surface area contributed by atoms with E-state index in [0.717, 1.165) is 54.6 Å². The molecule has 0 radical (unpaired) electrons. The van der Waals surface area contributed by atoms with Gasteiger partial charge in [0.1, 0.15) is 6.07 Å². The number of hydrogen-bond acceptors (Lipinski definition) is 6. The molecule has 2 aliphatic heterocycles. The van der Waals surface area contributed by atoms with Gasteiger partial charge in [-0.15, -0.1) is 11.8 Å². The first-order valence-electron chi connectivity index (χ1n) is 11.1. The molecule has 0 aliphatic carbocycles. The monoisotopic (exact) mass is 515 g/mol. The van der Waals surface area contributed by atoms with E-state index in [2.05, 4.69) is 22.9 Å². The Morgan fingerprint density at radius 3 is 2.44 bits per heavy atom. The molecule has 9 heteroatoms. The van der Waals surface area contributed by atoms with Gasteiger partial charge in [0, 0.05) is 63.8 Å². The molecule has 0 atom stereocenters. The number of rotatable bonds is 4. The van der Waals surface area contributed by atoms with E-state index in [1.807, 2.05) is 43.3 Å². The molecule has 2 aliphatic rings. The minimum Gasteiger partial charge on any atom is -0.377 e. The number of carbonyl (C=O) groups excluding carboxylic acids is 1. The lowest BCUT2D eigenvalue weighted by molar-refractivity contribution is -0.114. The van der Waals surface area contributed by atoms with Gasteiger partial charge in [-0.05, 0) is 37.4 Å². The predicted molar refractivity (Wildman–Crippen MR) is 144 cm³/mol. The van der Waals surface area contributed by atoms with Gasteiger partial charge in [0.15, 0.2) is 0 Å². The van der Waals surface area contributed by atoms with Crippen molar-refractivity contribution in [2.24, 2.45) is 0 Å². The fourth-order valence-corrected chi connectivity index (χ4v) is 5.48. The second kappa shape index (κ2) is 10.5. The van der Waals surface area contributed by atoms with Crippen LogP contribution in [0.25, 0.3) is 6.08 Å².